The summed E-state index contributed by atoms with van der Waals surface area (Å²) in [5, 5.41) is 0. The third kappa shape index (κ3) is 3.24. The second-order valence-corrected chi connectivity index (χ2v) is 3.95. The fraction of sp³-hybridized carbons (Fsp3) is 0.417. The van der Waals surface area contributed by atoms with Crippen LogP contribution in [0.5, 0.6) is 0 Å². The van der Waals surface area contributed by atoms with Gasteiger partial charge in [-0.3, -0.25) is 4.90 Å². The van der Waals surface area contributed by atoms with Gasteiger partial charge in [0.1, 0.15) is 0 Å². The van der Waals surface area contributed by atoms with Crippen LogP contribution in [0.1, 0.15) is 19.4 Å². The third-order valence-corrected chi connectivity index (χ3v) is 2.39. The largest absolute Gasteiger partial charge is 0.351 e. The number of primary amides is 1. The van der Waals surface area contributed by atoms with Gasteiger partial charge in [-0.15, -0.1) is 0 Å². The van der Waals surface area contributed by atoms with Gasteiger partial charge in [0.15, 0.2) is 0 Å². The van der Waals surface area contributed by atoms with E-state index in [1.165, 1.54) is 10.5 Å². The van der Waals surface area contributed by atoms with Crippen LogP contribution in [0.2, 0.25) is 0 Å². The van der Waals surface area contributed by atoms with Crippen molar-refractivity contribution in [3.05, 3.63) is 29.8 Å². The summed E-state index contributed by atoms with van der Waals surface area (Å²) in [5.74, 6) is 0. The molecule has 2 amide bonds. The molecular weight excluding hydrogens is 202 g/mol. The molecule has 0 radical (unpaired) electrons. The Morgan fingerprint density at radius 1 is 1.38 bits per heavy atom. The summed E-state index contributed by atoms with van der Waals surface area (Å²) in [7, 11) is 0. The van der Waals surface area contributed by atoms with Crippen LogP contribution in [0.15, 0.2) is 24.3 Å². The summed E-state index contributed by atoms with van der Waals surface area (Å²) >= 11 is 0. The molecule has 4 nitrogen and oxygen atoms in total. The number of aryl methyl sites for hydroxylation is 1. The van der Waals surface area contributed by atoms with Crippen molar-refractivity contribution in [3.8, 4) is 0 Å². The Kier molecular flexibility index (Phi) is 4.31. The molecule has 0 aromatic heterocycles. The summed E-state index contributed by atoms with van der Waals surface area (Å²) in [6.45, 7) is 4.36. The summed E-state index contributed by atoms with van der Waals surface area (Å²) in [5.41, 5.74) is 13.0. The molecule has 0 spiro atoms. The number of rotatable bonds is 4. The van der Waals surface area contributed by atoms with E-state index in [2.05, 4.69) is 6.92 Å². The molecule has 4 N–H and O–H groups in total. The molecule has 0 saturated heterocycles. The smallest absolute Gasteiger partial charge is 0.319 e. The molecule has 1 atom stereocenters. The fourth-order valence-electron chi connectivity index (χ4n) is 1.52. The molecule has 4 heteroatoms. The molecule has 0 aliphatic rings. The first-order chi connectivity index (χ1) is 7.54. The van der Waals surface area contributed by atoms with Crippen molar-refractivity contribution in [3.63, 3.8) is 0 Å². The third-order valence-electron chi connectivity index (χ3n) is 2.39. The molecule has 1 unspecified atom stereocenters. The lowest BCUT2D eigenvalue weighted by Gasteiger charge is -2.22. The van der Waals surface area contributed by atoms with E-state index in [-0.39, 0.29) is 6.04 Å². The zero-order valence-electron chi connectivity index (χ0n) is 9.81. The van der Waals surface area contributed by atoms with E-state index in [4.69, 9.17) is 11.5 Å². The SMILES string of the molecule is CCc1ccc(N(CC(C)N)C(N)=O)cc1. The summed E-state index contributed by atoms with van der Waals surface area (Å²) < 4.78 is 0. The predicted octanol–water partition coefficient (Wildman–Crippen LogP) is 1.48. The lowest BCUT2D eigenvalue weighted by atomic mass is 10.1. The molecule has 0 bridgehead atoms. The molecule has 1 aromatic carbocycles. The van der Waals surface area contributed by atoms with E-state index < -0.39 is 6.03 Å². The maximum Gasteiger partial charge on any atom is 0.319 e. The number of benzene rings is 1. The summed E-state index contributed by atoms with van der Waals surface area (Å²) in [6, 6.07) is 7.21. The Morgan fingerprint density at radius 3 is 2.31 bits per heavy atom. The molecule has 1 aromatic rings. The van der Waals surface area contributed by atoms with Crippen LogP contribution < -0.4 is 16.4 Å². The lowest BCUT2D eigenvalue weighted by Crippen LogP contribution is -2.42. The van der Waals surface area contributed by atoms with Crippen molar-refractivity contribution in [1.29, 1.82) is 0 Å². The zero-order chi connectivity index (χ0) is 12.1. The van der Waals surface area contributed by atoms with Crippen molar-refractivity contribution < 1.29 is 4.79 Å². The Balaban J connectivity index is 2.88. The molecule has 16 heavy (non-hydrogen) atoms. The monoisotopic (exact) mass is 221 g/mol. The average molecular weight is 221 g/mol. The van der Waals surface area contributed by atoms with Crippen LogP contribution in [0, 0.1) is 0 Å². The van der Waals surface area contributed by atoms with E-state index in [1.54, 1.807) is 0 Å². The zero-order valence-corrected chi connectivity index (χ0v) is 9.81. The van der Waals surface area contributed by atoms with Gasteiger partial charge in [0.05, 0.1) is 0 Å². The quantitative estimate of drug-likeness (QED) is 0.808. The maximum atomic E-state index is 11.3. The van der Waals surface area contributed by atoms with Gasteiger partial charge in [-0.2, -0.15) is 0 Å². The minimum Gasteiger partial charge on any atom is -0.351 e. The number of hydrogen-bond acceptors (Lipinski definition) is 2. The topological polar surface area (TPSA) is 72.3 Å². The van der Waals surface area contributed by atoms with E-state index in [0.29, 0.717) is 6.54 Å². The first-order valence-electron chi connectivity index (χ1n) is 5.46. The normalized spacial score (nSPS) is 12.2. The van der Waals surface area contributed by atoms with Gasteiger partial charge in [0.25, 0.3) is 0 Å². The number of anilines is 1. The highest BCUT2D eigenvalue weighted by Gasteiger charge is 2.13. The number of carbonyl (C=O) groups is 1. The van der Waals surface area contributed by atoms with Crippen molar-refractivity contribution in [2.75, 3.05) is 11.4 Å². The van der Waals surface area contributed by atoms with Gasteiger partial charge in [0.2, 0.25) is 0 Å². The molecule has 88 valence electrons. The number of nitrogens with two attached hydrogens (primary N) is 2. The van der Waals surface area contributed by atoms with Gasteiger partial charge in [0, 0.05) is 18.3 Å². The number of nitrogens with zero attached hydrogens (tertiary/aromatic N) is 1. The summed E-state index contributed by atoms with van der Waals surface area (Å²) in [4.78, 5) is 12.8. The van der Waals surface area contributed by atoms with Crippen LogP contribution in [0.25, 0.3) is 0 Å². The van der Waals surface area contributed by atoms with Gasteiger partial charge in [-0.25, -0.2) is 4.79 Å². The Morgan fingerprint density at radius 2 is 1.94 bits per heavy atom. The first kappa shape index (κ1) is 12.5. The predicted molar refractivity (Wildman–Crippen MR) is 66.4 cm³/mol. The van der Waals surface area contributed by atoms with Gasteiger partial charge < -0.3 is 11.5 Å². The molecule has 0 aliphatic carbocycles. The molecule has 0 aliphatic heterocycles. The summed E-state index contributed by atoms with van der Waals surface area (Å²) in [6.07, 6.45) is 0.976. The van der Waals surface area contributed by atoms with Gasteiger partial charge >= 0.3 is 6.03 Å². The van der Waals surface area contributed by atoms with Crippen molar-refractivity contribution in [2.45, 2.75) is 26.3 Å². The maximum absolute atomic E-state index is 11.3. The standard InChI is InChI=1S/C12H19N3O/c1-3-10-4-6-11(7-5-10)15(12(14)16)8-9(2)13/h4-7,9H,3,8,13H2,1-2H3,(H2,14,16). The van der Waals surface area contributed by atoms with Crippen LogP contribution in [-0.4, -0.2) is 18.6 Å². The second kappa shape index (κ2) is 5.51. The van der Waals surface area contributed by atoms with Crippen LogP contribution in [-0.2, 0) is 6.42 Å². The van der Waals surface area contributed by atoms with Crippen molar-refractivity contribution >= 4 is 11.7 Å². The van der Waals surface area contributed by atoms with Crippen molar-refractivity contribution in [2.24, 2.45) is 11.5 Å². The van der Waals surface area contributed by atoms with E-state index in [9.17, 15) is 4.79 Å². The molecule has 0 fully saturated rings. The number of amides is 2. The van der Waals surface area contributed by atoms with Crippen LogP contribution in [0.3, 0.4) is 0 Å². The number of urea groups is 1. The first-order valence-corrected chi connectivity index (χ1v) is 5.46. The molecule has 1 rings (SSSR count). The van der Waals surface area contributed by atoms with E-state index >= 15 is 0 Å². The highest BCUT2D eigenvalue weighted by Crippen LogP contribution is 2.15. The van der Waals surface area contributed by atoms with E-state index in [1.807, 2.05) is 31.2 Å². The highest BCUT2D eigenvalue weighted by molar-refractivity contribution is 5.90. The highest BCUT2D eigenvalue weighted by atomic mass is 16.2. The Bertz CT molecular complexity index is 346. The molecular formula is C12H19N3O. The van der Waals surface area contributed by atoms with Crippen LogP contribution in [0.4, 0.5) is 10.5 Å². The van der Waals surface area contributed by atoms with Gasteiger partial charge in [-0.05, 0) is 31.0 Å². The number of carbonyl (C=O) groups excluding carboxylic acids is 1. The van der Waals surface area contributed by atoms with Gasteiger partial charge in [-0.1, -0.05) is 19.1 Å². The minimum atomic E-state index is -0.471. The average Bonchev–Trinajstić information content (AvgIpc) is 2.25. The molecule has 0 heterocycles. The molecule has 0 saturated carbocycles. The fourth-order valence-corrected chi connectivity index (χ4v) is 1.52. The lowest BCUT2D eigenvalue weighted by molar-refractivity contribution is 0.253. The van der Waals surface area contributed by atoms with Crippen LogP contribution >= 0.6 is 0 Å². The number of hydrogen-bond donors (Lipinski definition) is 2. The second-order valence-electron chi connectivity index (χ2n) is 3.95. The Hall–Kier alpha value is -1.55. The minimum absolute atomic E-state index is 0.0987. The van der Waals surface area contributed by atoms with E-state index in [0.717, 1.165) is 12.1 Å². The Labute approximate surface area is 96.2 Å². The van der Waals surface area contributed by atoms with Crippen molar-refractivity contribution in [1.82, 2.24) is 0 Å².